The van der Waals surface area contributed by atoms with Crippen LogP contribution in [0.15, 0.2) is 18.3 Å². The fourth-order valence-corrected chi connectivity index (χ4v) is 0.553. The molecule has 0 atom stereocenters. The van der Waals surface area contributed by atoms with E-state index in [2.05, 4.69) is 10.3 Å². The molecule has 1 heterocycles. The molecule has 0 aliphatic rings. The fourth-order valence-electron chi connectivity index (χ4n) is 0.553. The molecule has 1 aromatic rings. The second-order valence-electron chi connectivity index (χ2n) is 1.72. The second-order valence-corrected chi connectivity index (χ2v) is 1.72. The first-order valence-electron chi connectivity index (χ1n) is 2.72. The topological polar surface area (TPSA) is 24.9 Å². The van der Waals surface area contributed by atoms with E-state index in [0.29, 0.717) is 5.59 Å². The van der Waals surface area contributed by atoms with Gasteiger partial charge in [0.15, 0.2) is 0 Å². The summed E-state index contributed by atoms with van der Waals surface area (Å²) in [5, 5.41) is 2.94. The van der Waals surface area contributed by atoms with Crippen molar-refractivity contribution in [3.8, 4) is 0 Å². The third-order valence-corrected chi connectivity index (χ3v) is 1.08. The lowest BCUT2D eigenvalue weighted by atomic mass is 10.0. The number of pyridine rings is 1. The van der Waals surface area contributed by atoms with E-state index >= 15 is 0 Å². The average Bonchev–Trinajstić information content (AvgIpc) is 1.90. The maximum absolute atomic E-state index is 5.34. The standard InChI is InChI=1S/C6H7BN2/c1-8-5-2-3-6(7)9-4-5/h2-4,8H,1H3. The molecule has 0 fully saturated rings. The van der Waals surface area contributed by atoms with Crippen LogP contribution in [0.2, 0.25) is 0 Å². The first-order valence-corrected chi connectivity index (χ1v) is 2.72. The quantitative estimate of drug-likeness (QED) is 0.521. The largest absolute Gasteiger partial charge is 0.387 e. The van der Waals surface area contributed by atoms with Crippen LogP contribution in [0.1, 0.15) is 0 Å². The maximum Gasteiger partial charge on any atom is 0.141 e. The summed E-state index contributed by atoms with van der Waals surface area (Å²) in [7, 11) is 7.18. The average molecular weight is 118 g/mol. The summed E-state index contributed by atoms with van der Waals surface area (Å²) in [4.78, 5) is 3.87. The van der Waals surface area contributed by atoms with Crippen molar-refractivity contribution >= 4 is 19.1 Å². The van der Waals surface area contributed by atoms with Crippen LogP contribution in [0, 0.1) is 0 Å². The molecule has 0 unspecified atom stereocenters. The van der Waals surface area contributed by atoms with Crippen LogP contribution in [0.4, 0.5) is 5.69 Å². The van der Waals surface area contributed by atoms with Gasteiger partial charge in [0.1, 0.15) is 7.85 Å². The highest BCUT2D eigenvalue weighted by Crippen LogP contribution is 1.97. The number of anilines is 1. The van der Waals surface area contributed by atoms with Gasteiger partial charge in [-0.25, -0.2) is 0 Å². The fraction of sp³-hybridized carbons (Fsp3) is 0.167. The molecule has 0 spiro atoms. The number of nitrogens with zero attached hydrogens (tertiary/aromatic N) is 1. The van der Waals surface area contributed by atoms with E-state index in [1.807, 2.05) is 13.1 Å². The van der Waals surface area contributed by atoms with Crippen LogP contribution >= 0.6 is 0 Å². The van der Waals surface area contributed by atoms with Crippen LogP contribution in [0.5, 0.6) is 0 Å². The summed E-state index contributed by atoms with van der Waals surface area (Å²) < 4.78 is 0. The zero-order valence-electron chi connectivity index (χ0n) is 5.26. The van der Waals surface area contributed by atoms with Crippen molar-refractivity contribution in [1.29, 1.82) is 0 Å². The molecule has 0 aromatic carbocycles. The Morgan fingerprint density at radius 1 is 1.56 bits per heavy atom. The minimum Gasteiger partial charge on any atom is -0.387 e. The van der Waals surface area contributed by atoms with Crippen molar-refractivity contribution in [2.75, 3.05) is 12.4 Å². The van der Waals surface area contributed by atoms with E-state index in [1.165, 1.54) is 0 Å². The zero-order valence-corrected chi connectivity index (χ0v) is 5.26. The van der Waals surface area contributed by atoms with Crippen LogP contribution in [-0.4, -0.2) is 19.9 Å². The summed E-state index contributed by atoms with van der Waals surface area (Å²) in [6, 6.07) is 3.63. The Hall–Kier alpha value is -0.985. The molecule has 0 saturated carbocycles. The van der Waals surface area contributed by atoms with E-state index in [4.69, 9.17) is 7.85 Å². The Morgan fingerprint density at radius 3 is 2.78 bits per heavy atom. The van der Waals surface area contributed by atoms with Crippen molar-refractivity contribution in [3.63, 3.8) is 0 Å². The van der Waals surface area contributed by atoms with E-state index in [9.17, 15) is 0 Å². The van der Waals surface area contributed by atoms with Gasteiger partial charge in [-0.1, -0.05) is 0 Å². The molecule has 3 heteroatoms. The highest BCUT2D eigenvalue weighted by molar-refractivity contribution is 6.30. The molecule has 2 nitrogen and oxygen atoms in total. The van der Waals surface area contributed by atoms with E-state index < -0.39 is 0 Å². The van der Waals surface area contributed by atoms with Gasteiger partial charge in [0.25, 0.3) is 0 Å². The monoisotopic (exact) mass is 118 g/mol. The van der Waals surface area contributed by atoms with Crippen molar-refractivity contribution in [3.05, 3.63) is 18.3 Å². The Balaban J connectivity index is 2.88. The predicted molar refractivity (Wildman–Crippen MR) is 39.2 cm³/mol. The molecule has 2 radical (unpaired) electrons. The lowest BCUT2D eigenvalue weighted by molar-refractivity contribution is 1.36. The predicted octanol–water partition coefficient (Wildman–Crippen LogP) is -0.0829. The van der Waals surface area contributed by atoms with E-state index in [1.54, 1.807) is 12.3 Å². The molecule has 0 aliphatic heterocycles. The molecular formula is C6H7BN2. The molecule has 0 aliphatic carbocycles. The lowest BCUT2D eigenvalue weighted by Gasteiger charge is -1.96. The Labute approximate surface area is 55.7 Å². The number of nitrogens with one attached hydrogen (secondary N) is 1. The molecule has 9 heavy (non-hydrogen) atoms. The molecule has 0 saturated heterocycles. The summed E-state index contributed by atoms with van der Waals surface area (Å²) in [6.45, 7) is 0. The Bertz CT molecular complexity index is 183. The van der Waals surface area contributed by atoms with Gasteiger partial charge < -0.3 is 5.32 Å². The van der Waals surface area contributed by atoms with Crippen molar-refractivity contribution < 1.29 is 0 Å². The zero-order chi connectivity index (χ0) is 6.69. The third-order valence-electron chi connectivity index (χ3n) is 1.08. The summed E-state index contributed by atoms with van der Waals surface area (Å²) in [5.74, 6) is 0. The lowest BCUT2D eigenvalue weighted by Crippen LogP contribution is -2.06. The number of hydrogen-bond donors (Lipinski definition) is 1. The van der Waals surface area contributed by atoms with Gasteiger partial charge in [-0.05, 0) is 17.7 Å². The molecule has 0 bridgehead atoms. The third kappa shape index (κ3) is 1.45. The van der Waals surface area contributed by atoms with Crippen LogP contribution < -0.4 is 10.9 Å². The van der Waals surface area contributed by atoms with E-state index in [-0.39, 0.29) is 0 Å². The first kappa shape index (κ1) is 6.14. The molecule has 1 N–H and O–H groups in total. The van der Waals surface area contributed by atoms with Gasteiger partial charge in [0.05, 0.1) is 5.69 Å². The van der Waals surface area contributed by atoms with Gasteiger partial charge in [0.2, 0.25) is 0 Å². The Morgan fingerprint density at radius 2 is 2.33 bits per heavy atom. The molecule has 0 amide bonds. The smallest absolute Gasteiger partial charge is 0.141 e. The van der Waals surface area contributed by atoms with Gasteiger partial charge in [0, 0.05) is 13.2 Å². The minimum absolute atomic E-state index is 0.550. The summed E-state index contributed by atoms with van der Waals surface area (Å²) >= 11 is 0. The van der Waals surface area contributed by atoms with Crippen LogP contribution in [0.25, 0.3) is 0 Å². The van der Waals surface area contributed by atoms with E-state index in [0.717, 1.165) is 5.69 Å². The minimum atomic E-state index is 0.550. The van der Waals surface area contributed by atoms with Crippen molar-refractivity contribution in [2.24, 2.45) is 0 Å². The highest BCUT2D eigenvalue weighted by atomic mass is 14.8. The molecule has 1 rings (SSSR count). The highest BCUT2D eigenvalue weighted by Gasteiger charge is 1.84. The van der Waals surface area contributed by atoms with Crippen LogP contribution in [0.3, 0.4) is 0 Å². The number of rotatable bonds is 1. The van der Waals surface area contributed by atoms with Gasteiger partial charge in [-0.3, -0.25) is 4.98 Å². The molecule has 44 valence electrons. The second kappa shape index (κ2) is 2.53. The molecular weight excluding hydrogens is 111 g/mol. The normalized spacial score (nSPS) is 9.00. The SMILES string of the molecule is [B]c1ccc(NC)cn1. The number of aromatic nitrogens is 1. The van der Waals surface area contributed by atoms with Gasteiger partial charge in [-0.15, -0.1) is 0 Å². The van der Waals surface area contributed by atoms with Crippen LogP contribution in [-0.2, 0) is 0 Å². The van der Waals surface area contributed by atoms with Crippen molar-refractivity contribution in [1.82, 2.24) is 4.98 Å². The Kier molecular flexibility index (Phi) is 1.73. The maximum atomic E-state index is 5.34. The summed E-state index contributed by atoms with van der Waals surface area (Å²) in [6.07, 6.45) is 1.69. The summed E-state index contributed by atoms with van der Waals surface area (Å²) in [5.41, 5.74) is 1.53. The van der Waals surface area contributed by atoms with Crippen molar-refractivity contribution in [2.45, 2.75) is 0 Å². The number of hydrogen-bond acceptors (Lipinski definition) is 2. The molecule has 1 aromatic heterocycles. The van der Waals surface area contributed by atoms with Gasteiger partial charge >= 0.3 is 0 Å². The van der Waals surface area contributed by atoms with Gasteiger partial charge in [-0.2, -0.15) is 0 Å². The first-order chi connectivity index (χ1) is 4.33.